The van der Waals surface area contributed by atoms with Gasteiger partial charge in [-0.15, -0.1) is 0 Å². The van der Waals surface area contributed by atoms with Gasteiger partial charge in [0.15, 0.2) is 0 Å². The number of aromatic nitrogens is 2. The van der Waals surface area contributed by atoms with E-state index in [0.717, 1.165) is 47.6 Å². The minimum Gasteiger partial charge on any atom is -0.390 e. The van der Waals surface area contributed by atoms with Crippen LogP contribution >= 0.6 is 0 Å². The third kappa shape index (κ3) is 5.13. The van der Waals surface area contributed by atoms with Crippen LogP contribution < -0.4 is 10.2 Å². The second-order valence-electron chi connectivity index (χ2n) is 10.8. The molecule has 0 aliphatic carbocycles. The van der Waals surface area contributed by atoms with Crippen LogP contribution in [0.2, 0.25) is 0 Å². The highest BCUT2D eigenvalue weighted by Gasteiger charge is 2.43. The topological polar surface area (TPSA) is 87.6 Å². The number of carbonyl (C=O) groups excluding carboxylic acids is 1. The summed E-state index contributed by atoms with van der Waals surface area (Å²) >= 11 is 0. The number of hydrogen-bond acceptors (Lipinski definition) is 6. The number of nitrogens with zero attached hydrogens (tertiary/aromatic N) is 3. The molecule has 1 saturated heterocycles. The largest absolute Gasteiger partial charge is 0.390 e. The number of carbonyl (C=O) groups is 1. The van der Waals surface area contributed by atoms with E-state index in [1.165, 1.54) is 12.3 Å². The van der Waals surface area contributed by atoms with Crippen LogP contribution in [0.25, 0.3) is 11.1 Å². The Morgan fingerprint density at radius 1 is 1.16 bits per heavy atom. The van der Waals surface area contributed by atoms with E-state index in [0.29, 0.717) is 25.3 Å². The number of aliphatic hydroxyl groups is 1. The lowest BCUT2D eigenvalue weighted by molar-refractivity contribution is -0.0275. The van der Waals surface area contributed by atoms with Crippen molar-refractivity contribution < 1.29 is 23.4 Å². The minimum absolute atomic E-state index is 0.00436. The fourth-order valence-electron chi connectivity index (χ4n) is 5.38. The molecule has 3 aromatic rings. The van der Waals surface area contributed by atoms with Gasteiger partial charge in [0.05, 0.1) is 36.2 Å². The summed E-state index contributed by atoms with van der Waals surface area (Å²) in [4.78, 5) is 23.6. The molecule has 0 unspecified atom stereocenters. The van der Waals surface area contributed by atoms with Gasteiger partial charge >= 0.3 is 0 Å². The second-order valence-corrected chi connectivity index (χ2v) is 10.8. The van der Waals surface area contributed by atoms with Gasteiger partial charge in [0, 0.05) is 48.6 Å². The van der Waals surface area contributed by atoms with Crippen molar-refractivity contribution in [3.05, 3.63) is 71.3 Å². The normalized spacial score (nSPS) is 19.5. The molecule has 4 heterocycles. The van der Waals surface area contributed by atoms with Crippen LogP contribution in [0.5, 0.6) is 0 Å². The van der Waals surface area contributed by atoms with Crippen LogP contribution in [0.1, 0.15) is 48.1 Å². The van der Waals surface area contributed by atoms with Crippen molar-refractivity contribution in [2.45, 2.75) is 51.7 Å². The molecule has 2 aromatic heterocycles. The Morgan fingerprint density at radius 2 is 1.95 bits per heavy atom. The highest BCUT2D eigenvalue weighted by Crippen LogP contribution is 2.41. The molecule has 38 heavy (non-hydrogen) atoms. The van der Waals surface area contributed by atoms with E-state index in [1.54, 1.807) is 6.07 Å². The Labute approximate surface area is 220 Å². The second kappa shape index (κ2) is 9.71. The number of halogens is 2. The Morgan fingerprint density at radius 3 is 2.68 bits per heavy atom. The molecular weight excluding hydrogens is 490 g/mol. The van der Waals surface area contributed by atoms with Gasteiger partial charge in [-0.1, -0.05) is 6.07 Å². The number of ether oxygens (including phenoxy) is 1. The predicted molar refractivity (Wildman–Crippen MR) is 142 cm³/mol. The number of amides is 1. The van der Waals surface area contributed by atoms with Crippen molar-refractivity contribution in [1.82, 2.24) is 9.97 Å². The quantitative estimate of drug-likeness (QED) is 0.492. The zero-order valence-electron chi connectivity index (χ0n) is 22.0. The number of aryl methyl sites for hydroxylation is 1. The highest BCUT2D eigenvalue weighted by molar-refractivity contribution is 6.04. The Bertz CT molecular complexity index is 1370. The standard InChI is InChI=1S/C29H32F2N4O3/c1-17-5-6-20(34-27(36)18-7-8-32-26(12-18)29(4,30)31)13-21(17)19-11-24-23(33-15-19)14-22(28(2,3)37)25-16-38-10-9-35(24)25/h5-8,11-13,15,22,25,37H,9-10,14,16H2,1-4H3,(H,34,36)/t22-,25-/m0/s1. The summed E-state index contributed by atoms with van der Waals surface area (Å²) in [5.41, 5.74) is 4.12. The summed E-state index contributed by atoms with van der Waals surface area (Å²) < 4.78 is 33.2. The van der Waals surface area contributed by atoms with Crippen molar-refractivity contribution in [2.75, 3.05) is 30.0 Å². The highest BCUT2D eigenvalue weighted by atomic mass is 19.3. The fraction of sp³-hybridized carbons (Fsp3) is 0.414. The molecule has 2 atom stereocenters. The summed E-state index contributed by atoms with van der Waals surface area (Å²) in [5.74, 6) is -3.64. The van der Waals surface area contributed by atoms with Gasteiger partial charge < -0.3 is 20.1 Å². The van der Waals surface area contributed by atoms with Crippen molar-refractivity contribution in [3.8, 4) is 11.1 Å². The lowest BCUT2D eigenvalue weighted by atomic mass is 9.77. The Kier molecular flexibility index (Phi) is 6.69. The molecule has 1 fully saturated rings. The third-order valence-electron chi connectivity index (χ3n) is 7.49. The van der Waals surface area contributed by atoms with Gasteiger partial charge in [-0.2, -0.15) is 8.78 Å². The van der Waals surface area contributed by atoms with E-state index in [9.17, 15) is 18.7 Å². The van der Waals surface area contributed by atoms with Crippen LogP contribution in [0.3, 0.4) is 0 Å². The van der Waals surface area contributed by atoms with E-state index in [1.807, 2.05) is 39.1 Å². The molecule has 1 amide bonds. The molecule has 0 radical (unpaired) electrons. The maximum atomic E-state index is 13.7. The maximum absolute atomic E-state index is 13.7. The summed E-state index contributed by atoms with van der Waals surface area (Å²) in [6.45, 7) is 8.30. The molecule has 200 valence electrons. The molecule has 2 aliphatic heterocycles. The van der Waals surface area contributed by atoms with Crippen LogP contribution in [0, 0.1) is 12.8 Å². The number of nitrogens with one attached hydrogen (secondary N) is 1. The van der Waals surface area contributed by atoms with E-state index >= 15 is 0 Å². The van der Waals surface area contributed by atoms with Gasteiger partial charge in [-0.3, -0.25) is 14.8 Å². The van der Waals surface area contributed by atoms with Gasteiger partial charge in [0.2, 0.25) is 0 Å². The van der Waals surface area contributed by atoms with Crippen molar-refractivity contribution in [3.63, 3.8) is 0 Å². The van der Waals surface area contributed by atoms with E-state index in [4.69, 9.17) is 9.72 Å². The smallest absolute Gasteiger partial charge is 0.286 e. The summed E-state index contributed by atoms with van der Waals surface area (Å²) in [6.07, 6.45) is 3.69. The predicted octanol–water partition coefficient (Wildman–Crippen LogP) is 4.96. The average Bonchev–Trinajstić information content (AvgIpc) is 2.88. The Balaban J connectivity index is 1.44. The van der Waals surface area contributed by atoms with Gasteiger partial charge in [0.25, 0.3) is 11.8 Å². The van der Waals surface area contributed by atoms with Gasteiger partial charge in [0.1, 0.15) is 5.69 Å². The first-order valence-electron chi connectivity index (χ1n) is 12.7. The molecule has 1 aromatic carbocycles. The van der Waals surface area contributed by atoms with Crippen molar-refractivity contribution in [1.29, 1.82) is 0 Å². The van der Waals surface area contributed by atoms with Crippen molar-refractivity contribution in [2.24, 2.45) is 5.92 Å². The molecule has 9 heteroatoms. The molecule has 0 spiro atoms. The first kappa shape index (κ1) is 26.2. The van der Waals surface area contributed by atoms with Crippen LogP contribution in [0.15, 0.2) is 48.8 Å². The number of benzene rings is 1. The summed E-state index contributed by atoms with van der Waals surface area (Å²) in [6, 6.07) is 10.3. The molecule has 2 aliphatic rings. The van der Waals surface area contributed by atoms with E-state index in [2.05, 4.69) is 21.3 Å². The lowest BCUT2D eigenvalue weighted by Crippen LogP contribution is -2.58. The minimum atomic E-state index is -3.14. The molecule has 0 saturated carbocycles. The Hall–Kier alpha value is -3.43. The third-order valence-corrected chi connectivity index (χ3v) is 7.49. The molecule has 5 rings (SSSR count). The van der Waals surface area contributed by atoms with E-state index < -0.39 is 23.1 Å². The zero-order valence-corrected chi connectivity index (χ0v) is 22.0. The number of hydrogen-bond donors (Lipinski definition) is 2. The van der Waals surface area contributed by atoms with Gasteiger partial charge in [-0.05, 0) is 68.7 Å². The van der Waals surface area contributed by atoms with Gasteiger partial charge in [-0.25, -0.2) is 0 Å². The van der Waals surface area contributed by atoms with E-state index in [-0.39, 0.29) is 17.5 Å². The maximum Gasteiger partial charge on any atom is 0.286 e. The first-order valence-corrected chi connectivity index (χ1v) is 12.7. The molecule has 0 bridgehead atoms. The average molecular weight is 523 g/mol. The zero-order chi connectivity index (χ0) is 27.2. The SMILES string of the molecule is Cc1ccc(NC(=O)c2ccnc(C(C)(F)F)c2)cc1-c1cnc2c(c1)N1CCOC[C@H]1[C@@H](C(C)(C)O)C2. The number of fused-ring (bicyclic) bond motifs is 3. The summed E-state index contributed by atoms with van der Waals surface area (Å²) in [5, 5.41) is 13.6. The van der Waals surface area contributed by atoms with Crippen LogP contribution in [-0.4, -0.2) is 52.4 Å². The monoisotopic (exact) mass is 522 g/mol. The van der Waals surface area contributed by atoms with Crippen molar-refractivity contribution >= 4 is 17.3 Å². The number of alkyl halides is 2. The molecular formula is C29H32F2N4O3. The number of anilines is 2. The van der Waals surface area contributed by atoms with Crippen LogP contribution in [0.4, 0.5) is 20.2 Å². The fourth-order valence-corrected chi connectivity index (χ4v) is 5.38. The first-order chi connectivity index (χ1) is 17.9. The molecule has 7 nitrogen and oxygen atoms in total. The number of morpholine rings is 1. The lowest BCUT2D eigenvalue weighted by Gasteiger charge is -2.49. The number of pyridine rings is 2. The summed E-state index contributed by atoms with van der Waals surface area (Å²) in [7, 11) is 0. The number of rotatable bonds is 5. The van der Waals surface area contributed by atoms with Crippen LogP contribution in [-0.2, 0) is 17.1 Å². The molecule has 2 N–H and O–H groups in total.